The molecule has 1 aromatic carbocycles. The van der Waals surface area contributed by atoms with Gasteiger partial charge >= 0.3 is 6.18 Å². The highest BCUT2D eigenvalue weighted by molar-refractivity contribution is 9.10. The molecule has 0 unspecified atom stereocenters. The Hall–Kier alpha value is -0.890. The van der Waals surface area contributed by atoms with Crippen molar-refractivity contribution >= 4 is 42.8 Å². The second-order valence-corrected chi connectivity index (χ2v) is 5.48. The van der Waals surface area contributed by atoms with E-state index >= 15 is 0 Å². The quantitative estimate of drug-likeness (QED) is 0.500. The molecule has 1 heterocycles. The van der Waals surface area contributed by atoms with E-state index in [1.54, 1.807) is 0 Å². The minimum absolute atomic E-state index is 0.0291. The zero-order valence-electron chi connectivity index (χ0n) is 9.99. The number of halogens is 6. The first-order valence-corrected chi connectivity index (χ1v) is 7.23. The van der Waals surface area contributed by atoms with Crippen molar-refractivity contribution in [3.63, 3.8) is 0 Å². The summed E-state index contributed by atoms with van der Waals surface area (Å²) in [7, 11) is 1.52. The smallest absolute Gasteiger partial charge is 0.346 e. The van der Waals surface area contributed by atoms with Gasteiger partial charge in [0, 0.05) is 23.5 Å². The molecule has 0 N–H and O–H groups in total. The number of rotatable bonds is 1. The first kappa shape index (κ1) is 15.5. The van der Waals surface area contributed by atoms with Crippen LogP contribution < -0.4 is 5.43 Å². The van der Waals surface area contributed by atoms with Gasteiger partial charge in [-0.15, -0.1) is 0 Å². The monoisotopic (exact) mass is 415 g/mol. The highest BCUT2D eigenvalue weighted by Gasteiger charge is 2.35. The molecule has 0 aliphatic rings. The highest BCUT2D eigenvalue weighted by Crippen LogP contribution is 2.34. The van der Waals surface area contributed by atoms with Crippen molar-refractivity contribution in [1.82, 2.24) is 4.57 Å². The van der Waals surface area contributed by atoms with Gasteiger partial charge in [0.25, 0.3) is 0 Å². The van der Waals surface area contributed by atoms with E-state index in [4.69, 9.17) is 0 Å². The Bertz CT molecular complexity index is 752. The molecule has 0 amide bonds. The van der Waals surface area contributed by atoms with Gasteiger partial charge in [0.2, 0.25) is 5.43 Å². The fourth-order valence-corrected chi connectivity index (χ4v) is 3.58. The van der Waals surface area contributed by atoms with Crippen molar-refractivity contribution < 1.29 is 17.6 Å². The minimum Gasteiger partial charge on any atom is -0.346 e. The highest BCUT2D eigenvalue weighted by atomic mass is 79.9. The van der Waals surface area contributed by atoms with Crippen LogP contribution in [-0.2, 0) is 18.6 Å². The van der Waals surface area contributed by atoms with Crippen molar-refractivity contribution in [2.75, 3.05) is 0 Å². The van der Waals surface area contributed by atoms with Gasteiger partial charge in [-0.2, -0.15) is 13.2 Å². The largest absolute Gasteiger partial charge is 0.419 e. The van der Waals surface area contributed by atoms with Crippen molar-refractivity contribution in [2.24, 2.45) is 7.05 Å². The van der Waals surface area contributed by atoms with E-state index in [0.717, 1.165) is 0 Å². The van der Waals surface area contributed by atoms with Crippen LogP contribution in [0.3, 0.4) is 0 Å². The SMILES string of the molecule is Cn1c(CBr)c(Br)c(=O)c2cc(F)c(C(F)(F)F)cc21. The molecule has 1 aromatic heterocycles. The number of fused-ring (bicyclic) bond motifs is 1. The number of hydrogen-bond acceptors (Lipinski definition) is 1. The number of pyridine rings is 1. The summed E-state index contributed by atoms with van der Waals surface area (Å²) in [5.74, 6) is -1.46. The first-order chi connectivity index (χ1) is 9.18. The number of aryl methyl sites for hydroxylation is 1. The van der Waals surface area contributed by atoms with Crippen LogP contribution in [0, 0.1) is 5.82 Å². The number of aromatic nitrogens is 1. The van der Waals surface area contributed by atoms with Crippen molar-refractivity contribution in [3.05, 3.63) is 43.9 Å². The fraction of sp³-hybridized carbons (Fsp3) is 0.250. The minimum atomic E-state index is -4.81. The third-order valence-electron chi connectivity index (χ3n) is 2.98. The summed E-state index contributed by atoms with van der Waals surface area (Å²) in [6.45, 7) is 0. The van der Waals surface area contributed by atoms with E-state index in [1.807, 2.05) is 0 Å². The van der Waals surface area contributed by atoms with Crippen LogP contribution in [0.2, 0.25) is 0 Å². The Morgan fingerprint density at radius 1 is 1.30 bits per heavy atom. The molecule has 20 heavy (non-hydrogen) atoms. The number of hydrogen-bond donors (Lipinski definition) is 0. The predicted octanol–water partition coefficient (Wildman–Crippen LogP) is 4.35. The van der Waals surface area contributed by atoms with E-state index in [0.29, 0.717) is 17.8 Å². The van der Waals surface area contributed by atoms with Crippen molar-refractivity contribution in [2.45, 2.75) is 11.5 Å². The maximum atomic E-state index is 13.5. The van der Waals surface area contributed by atoms with Crippen LogP contribution in [0.15, 0.2) is 21.4 Å². The standard InChI is InChI=1S/C12H7Br2F4NO/c1-19-8-3-6(12(16,17)18)7(15)2-5(8)11(20)10(14)9(19)4-13/h2-3H,4H2,1H3. The number of alkyl halides is 4. The zero-order chi connectivity index (χ0) is 15.2. The van der Waals surface area contributed by atoms with Gasteiger partial charge in [0.05, 0.1) is 15.6 Å². The Labute approximate surface area is 127 Å². The van der Waals surface area contributed by atoms with Crippen LogP contribution in [-0.4, -0.2) is 4.57 Å². The summed E-state index contributed by atoms with van der Waals surface area (Å²) >= 11 is 6.25. The summed E-state index contributed by atoms with van der Waals surface area (Å²) in [6.07, 6.45) is -4.81. The van der Waals surface area contributed by atoms with Gasteiger partial charge in [-0.1, -0.05) is 15.9 Å². The number of benzene rings is 1. The topological polar surface area (TPSA) is 22.0 Å². The van der Waals surface area contributed by atoms with Crippen LogP contribution in [0.4, 0.5) is 17.6 Å². The molecule has 2 nitrogen and oxygen atoms in total. The second-order valence-electron chi connectivity index (χ2n) is 4.13. The van der Waals surface area contributed by atoms with Crippen molar-refractivity contribution in [1.29, 1.82) is 0 Å². The lowest BCUT2D eigenvalue weighted by atomic mass is 10.1. The maximum Gasteiger partial charge on any atom is 0.419 e. The molecule has 108 valence electrons. The summed E-state index contributed by atoms with van der Waals surface area (Å²) < 4.78 is 53.3. The lowest BCUT2D eigenvalue weighted by molar-refractivity contribution is -0.139. The van der Waals surface area contributed by atoms with E-state index in [2.05, 4.69) is 31.9 Å². The fourth-order valence-electron chi connectivity index (χ4n) is 1.93. The van der Waals surface area contributed by atoms with Gasteiger partial charge in [-0.3, -0.25) is 4.79 Å². The average Bonchev–Trinajstić information content (AvgIpc) is 2.35. The van der Waals surface area contributed by atoms with E-state index < -0.39 is 23.0 Å². The molecule has 0 saturated carbocycles. The van der Waals surface area contributed by atoms with Gasteiger partial charge < -0.3 is 4.57 Å². The Morgan fingerprint density at radius 2 is 1.90 bits per heavy atom. The zero-order valence-corrected chi connectivity index (χ0v) is 13.2. The molecule has 0 fully saturated rings. The molecule has 0 radical (unpaired) electrons. The molecule has 0 spiro atoms. The summed E-state index contributed by atoms with van der Waals surface area (Å²) in [5.41, 5.74) is -1.42. The second kappa shape index (κ2) is 5.14. The third-order valence-corrected chi connectivity index (χ3v) is 4.33. The third kappa shape index (κ3) is 2.39. The Morgan fingerprint density at radius 3 is 2.40 bits per heavy atom. The molecule has 0 atom stereocenters. The van der Waals surface area contributed by atoms with Crippen LogP contribution >= 0.6 is 31.9 Å². The molecule has 0 aliphatic carbocycles. The lowest BCUT2D eigenvalue weighted by Gasteiger charge is -2.15. The van der Waals surface area contributed by atoms with Gasteiger partial charge in [-0.25, -0.2) is 4.39 Å². The molecular weight excluding hydrogens is 410 g/mol. The Balaban J connectivity index is 2.98. The average molecular weight is 417 g/mol. The Kier molecular flexibility index (Phi) is 3.98. The summed E-state index contributed by atoms with van der Waals surface area (Å²) in [6, 6.07) is 1.29. The van der Waals surface area contributed by atoms with Crippen LogP contribution in [0.1, 0.15) is 11.3 Å². The predicted molar refractivity (Wildman–Crippen MR) is 74.5 cm³/mol. The molecule has 0 bridgehead atoms. The molecule has 0 aliphatic heterocycles. The molecule has 8 heteroatoms. The summed E-state index contributed by atoms with van der Waals surface area (Å²) in [5, 5.41) is 0.170. The molecular formula is C12H7Br2F4NO. The van der Waals surface area contributed by atoms with E-state index in [-0.39, 0.29) is 20.7 Å². The summed E-state index contributed by atoms with van der Waals surface area (Å²) in [4.78, 5) is 12.0. The van der Waals surface area contributed by atoms with E-state index in [1.165, 1.54) is 11.6 Å². The van der Waals surface area contributed by atoms with Gasteiger partial charge in [0.1, 0.15) is 5.82 Å². The maximum absolute atomic E-state index is 13.5. The lowest BCUT2D eigenvalue weighted by Crippen LogP contribution is -2.16. The molecule has 0 saturated heterocycles. The van der Waals surface area contributed by atoms with Crippen LogP contribution in [0.5, 0.6) is 0 Å². The molecule has 2 rings (SSSR count). The first-order valence-electron chi connectivity index (χ1n) is 5.32. The van der Waals surface area contributed by atoms with Gasteiger partial charge in [0.15, 0.2) is 0 Å². The van der Waals surface area contributed by atoms with Crippen molar-refractivity contribution in [3.8, 4) is 0 Å². The normalized spacial score (nSPS) is 12.2. The van der Waals surface area contributed by atoms with E-state index in [9.17, 15) is 22.4 Å². The van der Waals surface area contributed by atoms with Gasteiger partial charge in [-0.05, 0) is 28.1 Å². The van der Waals surface area contributed by atoms with Crippen LogP contribution in [0.25, 0.3) is 10.9 Å². The molecule has 2 aromatic rings. The number of nitrogens with zero attached hydrogens (tertiary/aromatic N) is 1.